The van der Waals surface area contributed by atoms with Crippen LogP contribution in [-0.4, -0.2) is 44.5 Å². The molecule has 0 amide bonds. The van der Waals surface area contributed by atoms with Crippen molar-refractivity contribution in [2.75, 3.05) is 20.2 Å². The molecule has 1 N–H and O–H groups in total. The van der Waals surface area contributed by atoms with E-state index in [9.17, 15) is 8.42 Å². The van der Waals surface area contributed by atoms with E-state index in [1.165, 1.54) is 12.8 Å². The summed E-state index contributed by atoms with van der Waals surface area (Å²) in [6.45, 7) is 2.00. The van der Waals surface area contributed by atoms with Gasteiger partial charge in [-0.1, -0.05) is 36.4 Å². The lowest BCUT2D eigenvalue weighted by Crippen LogP contribution is -2.33. The van der Waals surface area contributed by atoms with Gasteiger partial charge in [-0.05, 0) is 72.7 Å². The zero-order valence-electron chi connectivity index (χ0n) is 18.5. The van der Waals surface area contributed by atoms with Crippen LogP contribution in [0, 0.1) is 0 Å². The molecule has 2 aliphatic rings. The first kappa shape index (κ1) is 20.5. The Balaban J connectivity index is 1.57. The smallest absolute Gasteiger partial charge is 0.222 e. The van der Waals surface area contributed by atoms with Gasteiger partial charge in [0.1, 0.15) is 10.8 Å². The summed E-state index contributed by atoms with van der Waals surface area (Å²) in [6, 6.07) is 19.5. The van der Waals surface area contributed by atoms with Gasteiger partial charge in [-0.15, -0.1) is 0 Å². The zero-order chi connectivity index (χ0) is 22.6. The molecule has 1 saturated heterocycles. The summed E-state index contributed by atoms with van der Waals surface area (Å²) < 4.78 is 33.6. The van der Waals surface area contributed by atoms with Gasteiger partial charge in [-0.25, -0.2) is 8.42 Å². The number of ether oxygens (including phenoxy) is 1. The van der Waals surface area contributed by atoms with E-state index in [0.29, 0.717) is 10.9 Å². The van der Waals surface area contributed by atoms with Crippen molar-refractivity contribution in [2.45, 2.75) is 35.2 Å². The largest absolute Gasteiger partial charge is 0.496 e. The van der Waals surface area contributed by atoms with Crippen LogP contribution in [0.1, 0.15) is 24.8 Å². The number of aromatic amines is 1. The Morgan fingerprint density at radius 1 is 1.03 bits per heavy atom. The second kappa shape index (κ2) is 7.75. The first-order chi connectivity index (χ1) is 16.0. The van der Waals surface area contributed by atoms with E-state index >= 15 is 0 Å². The molecule has 0 unspecified atom stereocenters. The van der Waals surface area contributed by atoms with Gasteiger partial charge in [0.15, 0.2) is 0 Å². The van der Waals surface area contributed by atoms with Crippen LogP contribution in [0.3, 0.4) is 0 Å². The van der Waals surface area contributed by atoms with E-state index < -0.39 is 9.84 Å². The van der Waals surface area contributed by atoms with Crippen LogP contribution < -0.4 is 4.74 Å². The molecule has 6 heteroatoms. The summed E-state index contributed by atoms with van der Waals surface area (Å²) in [4.78, 5) is 5.98. The average Bonchev–Trinajstić information content (AvgIpc) is 3.49. The van der Waals surface area contributed by atoms with E-state index in [1.807, 2.05) is 54.6 Å². The summed E-state index contributed by atoms with van der Waals surface area (Å²) in [5.41, 5.74) is 2.72. The Morgan fingerprint density at radius 3 is 2.73 bits per heavy atom. The summed E-state index contributed by atoms with van der Waals surface area (Å²) in [5, 5.41) is 2.90. The van der Waals surface area contributed by atoms with E-state index in [1.54, 1.807) is 13.2 Å². The zero-order valence-corrected chi connectivity index (χ0v) is 19.4. The van der Waals surface area contributed by atoms with Crippen LogP contribution in [0.15, 0.2) is 76.7 Å². The molecular formula is C27H26N2O3S. The highest BCUT2D eigenvalue weighted by molar-refractivity contribution is 7.91. The van der Waals surface area contributed by atoms with Gasteiger partial charge in [0.05, 0.1) is 12.0 Å². The number of nitrogens with zero attached hydrogens (tertiary/aromatic N) is 1. The SMILES string of the molecule is COc1cccc2cc(S(=O)(=O)c3cc4ccccc4[nH]3)c(C3=CCN4CCC[C@@H]4C3)cc12. The van der Waals surface area contributed by atoms with Crippen LogP contribution in [0.25, 0.3) is 27.2 Å². The van der Waals surface area contributed by atoms with Crippen LogP contribution in [-0.2, 0) is 9.84 Å². The van der Waals surface area contributed by atoms with E-state index in [0.717, 1.165) is 58.1 Å². The molecule has 0 saturated carbocycles. The van der Waals surface area contributed by atoms with Crippen molar-refractivity contribution in [3.8, 4) is 5.75 Å². The topological polar surface area (TPSA) is 62.4 Å². The highest BCUT2D eigenvalue weighted by Crippen LogP contribution is 2.40. The van der Waals surface area contributed by atoms with Crippen molar-refractivity contribution in [1.82, 2.24) is 9.88 Å². The fraction of sp³-hybridized carbons (Fsp3) is 0.259. The second-order valence-electron chi connectivity index (χ2n) is 8.98. The molecule has 3 aromatic carbocycles. The maximum atomic E-state index is 14.0. The molecule has 0 aliphatic carbocycles. The lowest BCUT2D eigenvalue weighted by Gasteiger charge is -2.30. The van der Waals surface area contributed by atoms with Crippen molar-refractivity contribution in [3.63, 3.8) is 0 Å². The van der Waals surface area contributed by atoms with Crippen molar-refractivity contribution in [1.29, 1.82) is 0 Å². The molecule has 1 atom stereocenters. The second-order valence-corrected chi connectivity index (χ2v) is 10.9. The number of H-pyrrole nitrogens is 1. The summed E-state index contributed by atoms with van der Waals surface area (Å²) in [5.74, 6) is 0.752. The minimum atomic E-state index is -3.76. The molecule has 1 fully saturated rings. The number of fused-ring (bicyclic) bond motifs is 3. The molecular weight excluding hydrogens is 432 g/mol. The third-order valence-electron chi connectivity index (χ3n) is 7.12. The van der Waals surface area contributed by atoms with E-state index in [4.69, 9.17) is 4.74 Å². The van der Waals surface area contributed by atoms with Crippen LogP contribution >= 0.6 is 0 Å². The molecule has 168 valence electrons. The van der Waals surface area contributed by atoms with Gasteiger partial charge in [0, 0.05) is 28.9 Å². The van der Waals surface area contributed by atoms with Gasteiger partial charge in [0.25, 0.3) is 0 Å². The third-order valence-corrected chi connectivity index (χ3v) is 8.83. The molecule has 3 heterocycles. The number of hydrogen-bond acceptors (Lipinski definition) is 4. The fourth-order valence-corrected chi connectivity index (χ4v) is 6.91. The normalized spacial score (nSPS) is 19.1. The van der Waals surface area contributed by atoms with Gasteiger partial charge >= 0.3 is 0 Å². The number of methoxy groups -OCH3 is 1. The number of benzene rings is 3. The Hall–Kier alpha value is -3.09. The molecule has 5 nitrogen and oxygen atoms in total. The highest BCUT2D eigenvalue weighted by Gasteiger charge is 2.31. The van der Waals surface area contributed by atoms with Crippen LogP contribution in [0.4, 0.5) is 0 Å². The molecule has 6 rings (SSSR count). The lowest BCUT2D eigenvalue weighted by atomic mass is 9.92. The van der Waals surface area contributed by atoms with Gasteiger partial charge in [-0.2, -0.15) is 0 Å². The quantitative estimate of drug-likeness (QED) is 0.444. The maximum absolute atomic E-state index is 14.0. The Bertz CT molecular complexity index is 1480. The predicted octanol–water partition coefficient (Wildman–Crippen LogP) is 5.41. The van der Waals surface area contributed by atoms with Gasteiger partial charge in [-0.3, -0.25) is 4.90 Å². The highest BCUT2D eigenvalue weighted by atomic mass is 32.2. The summed E-state index contributed by atoms with van der Waals surface area (Å²) in [6.07, 6.45) is 5.45. The first-order valence-corrected chi connectivity index (χ1v) is 12.9. The standard InChI is InChI=1S/C27H26N2O3S/c1-32-25-10-4-7-18-15-26(33(30,31)27-16-20-6-2-3-9-24(20)28-27)23(17-22(18)25)19-11-13-29-12-5-8-21(29)14-19/h2-4,6-7,9-11,15-17,21,28H,5,8,12-14H2,1H3/t21-/m1/s1. The van der Waals surface area contributed by atoms with Crippen molar-refractivity contribution >= 4 is 37.1 Å². The Morgan fingerprint density at radius 2 is 1.88 bits per heavy atom. The molecule has 4 aromatic rings. The maximum Gasteiger partial charge on any atom is 0.222 e. The molecule has 33 heavy (non-hydrogen) atoms. The third kappa shape index (κ3) is 3.36. The van der Waals surface area contributed by atoms with E-state index in [-0.39, 0.29) is 5.03 Å². The minimum absolute atomic E-state index is 0.228. The average molecular weight is 459 g/mol. The van der Waals surface area contributed by atoms with Crippen molar-refractivity contribution < 1.29 is 13.2 Å². The van der Waals surface area contributed by atoms with Gasteiger partial charge in [0.2, 0.25) is 9.84 Å². The Kier molecular flexibility index (Phi) is 4.82. The number of sulfone groups is 1. The fourth-order valence-electron chi connectivity index (χ4n) is 5.39. The lowest BCUT2D eigenvalue weighted by molar-refractivity contribution is 0.275. The van der Waals surface area contributed by atoms with Crippen LogP contribution in [0.5, 0.6) is 5.75 Å². The number of aromatic nitrogens is 1. The number of para-hydroxylation sites is 1. The van der Waals surface area contributed by atoms with Crippen molar-refractivity contribution in [3.05, 3.63) is 72.3 Å². The summed E-state index contributed by atoms with van der Waals surface area (Å²) in [7, 11) is -2.11. The van der Waals surface area contributed by atoms with Crippen LogP contribution in [0.2, 0.25) is 0 Å². The molecule has 1 aromatic heterocycles. The summed E-state index contributed by atoms with van der Waals surface area (Å²) >= 11 is 0. The molecule has 0 bridgehead atoms. The number of nitrogens with one attached hydrogen (secondary N) is 1. The monoisotopic (exact) mass is 458 g/mol. The number of hydrogen-bond donors (Lipinski definition) is 1. The number of rotatable bonds is 4. The van der Waals surface area contributed by atoms with Gasteiger partial charge < -0.3 is 9.72 Å². The molecule has 2 aliphatic heterocycles. The molecule has 0 spiro atoms. The Labute approximate surface area is 193 Å². The minimum Gasteiger partial charge on any atom is -0.496 e. The molecule has 0 radical (unpaired) electrons. The van der Waals surface area contributed by atoms with E-state index in [2.05, 4.69) is 16.0 Å². The first-order valence-electron chi connectivity index (χ1n) is 11.4. The van der Waals surface area contributed by atoms with Crippen molar-refractivity contribution in [2.24, 2.45) is 0 Å². The predicted molar refractivity (Wildman–Crippen MR) is 131 cm³/mol.